The zero-order chi connectivity index (χ0) is 17.3. The van der Waals surface area contributed by atoms with Gasteiger partial charge in [-0.3, -0.25) is 9.69 Å². The lowest BCUT2D eigenvalue weighted by molar-refractivity contribution is -0.124. The highest BCUT2D eigenvalue weighted by atomic mass is 19.1. The molecule has 1 fully saturated rings. The number of nitrogens with two attached hydrogens (primary N) is 1. The maximum absolute atomic E-state index is 13.2. The number of aryl methyl sites for hydroxylation is 2. The molecule has 7 heteroatoms. The molecule has 0 spiro atoms. The van der Waals surface area contributed by atoms with E-state index in [0.717, 1.165) is 36.6 Å². The van der Waals surface area contributed by atoms with Gasteiger partial charge in [0.15, 0.2) is 0 Å². The topological polar surface area (TPSA) is 77.0 Å². The lowest BCUT2D eigenvalue weighted by atomic mass is 10.0. The maximum atomic E-state index is 13.2. The molecule has 24 heavy (non-hydrogen) atoms. The first-order valence-corrected chi connectivity index (χ1v) is 8.14. The van der Waals surface area contributed by atoms with Crippen LogP contribution in [-0.2, 0) is 11.3 Å². The summed E-state index contributed by atoms with van der Waals surface area (Å²) in [6.07, 6.45) is 1.95. The van der Waals surface area contributed by atoms with Gasteiger partial charge in [0.2, 0.25) is 5.91 Å². The smallest absolute Gasteiger partial charge is 0.239 e. The number of carbonyl (C=O) groups excluding carboxylic acids is 1. The van der Waals surface area contributed by atoms with Crippen LogP contribution < -0.4 is 5.73 Å². The lowest BCUT2D eigenvalue weighted by Gasteiger charge is -2.31. The first-order valence-electron chi connectivity index (χ1n) is 8.14. The van der Waals surface area contributed by atoms with Gasteiger partial charge in [0.1, 0.15) is 23.5 Å². The van der Waals surface area contributed by atoms with Crippen LogP contribution >= 0.6 is 0 Å². The molecule has 0 saturated carbocycles. The molecular weight excluding hydrogens is 309 g/mol. The summed E-state index contributed by atoms with van der Waals surface area (Å²) in [4.78, 5) is 18.5. The molecule has 3 rings (SSSR count). The van der Waals surface area contributed by atoms with Crippen LogP contribution in [0.25, 0.3) is 0 Å². The van der Waals surface area contributed by atoms with E-state index in [-0.39, 0.29) is 11.9 Å². The number of hydrogen-bond donors (Lipinski definition) is 1. The highest BCUT2D eigenvalue weighted by molar-refractivity contribution is 5.81. The number of halogens is 1. The fraction of sp³-hybridized carbons (Fsp3) is 0.471. The van der Waals surface area contributed by atoms with Crippen LogP contribution in [0.15, 0.2) is 24.3 Å². The van der Waals surface area contributed by atoms with Crippen molar-refractivity contribution in [3.63, 3.8) is 0 Å². The summed E-state index contributed by atoms with van der Waals surface area (Å²) in [5, 5.41) is 4.41. The van der Waals surface area contributed by atoms with Gasteiger partial charge >= 0.3 is 0 Å². The Kier molecular flexibility index (Phi) is 4.62. The van der Waals surface area contributed by atoms with Crippen molar-refractivity contribution in [2.45, 2.75) is 45.3 Å². The Morgan fingerprint density at radius 2 is 2.08 bits per heavy atom. The average Bonchev–Trinajstić information content (AvgIpc) is 3.08. The number of hydrogen-bond acceptors (Lipinski definition) is 4. The van der Waals surface area contributed by atoms with Gasteiger partial charge in [0.25, 0.3) is 0 Å². The van der Waals surface area contributed by atoms with Crippen LogP contribution in [-0.4, -0.2) is 38.2 Å². The minimum Gasteiger partial charge on any atom is -0.368 e. The van der Waals surface area contributed by atoms with E-state index < -0.39 is 11.9 Å². The normalized spacial score (nSPS) is 19.5. The summed E-state index contributed by atoms with van der Waals surface area (Å²) in [7, 11) is 0. The van der Waals surface area contributed by atoms with E-state index in [9.17, 15) is 9.18 Å². The van der Waals surface area contributed by atoms with Gasteiger partial charge in [-0.15, -0.1) is 0 Å². The van der Waals surface area contributed by atoms with E-state index in [2.05, 4.69) is 15.0 Å². The number of nitrogens with zero attached hydrogens (tertiary/aromatic N) is 4. The Morgan fingerprint density at radius 3 is 2.67 bits per heavy atom. The van der Waals surface area contributed by atoms with Crippen LogP contribution in [0.2, 0.25) is 0 Å². The number of primary amides is 1. The van der Waals surface area contributed by atoms with Gasteiger partial charge in [-0.1, -0.05) is 12.1 Å². The van der Waals surface area contributed by atoms with Crippen molar-refractivity contribution in [2.24, 2.45) is 5.73 Å². The highest BCUT2D eigenvalue weighted by Gasteiger charge is 2.35. The standard InChI is InChI=1S/C17H22FN5O/c1-11-20-12(2)23(21-11)10-15-4-3-9-22(15)16(17(19)24)13-5-7-14(18)8-6-13/h5-8,15-16H,3-4,9-10H2,1-2H3,(H2,19,24)/t15-,16-/m1/s1. The Morgan fingerprint density at radius 1 is 1.38 bits per heavy atom. The van der Waals surface area contributed by atoms with Crippen molar-refractivity contribution in [3.05, 3.63) is 47.3 Å². The first kappa shape index (κ1) is 16.6. The second-order valence-electron chi connectivity index (χ2n) is 6.28. The van der Waals surface area contributed by atoms with E-state index in [4.69, 9.17) is 5.73 Å². The molecule has 1 aliphatic rings. The summed E-state index contributed by atoms with van der Waals surface area (Å²) in [6, 6.07) is 5.58. The summed E-state index contributed by atoms with van der Waals surface area (Å²) >= 11 is 0. The van der Waals surface area contributed by atoms with Crippen molar-refractivity contribution in [1.82, 2.24) is 19.7 Å². The molecule has 1 aromatic heterocycles. The third-order valence-corrected chi connectivity index (χ3v) is 4.56. The van der Waals surface area contributed by atoms with Crippen molar-refractivity contribution < 1.29 is 9.18 Å². The van der Waals surface area contributed by atoms with E-state index in [1.807, 2.05) is 18.5 Å². The molecule has 0 bridgehead atoms. The number of aromatic nitrogens is 3. The quantitative estimate of drug-likeness (QED) is 0.905. The predicted octanol–water partition coefficient (Wildman–Crippen LogP) is 1.73. The third-order valence-electron chi connectivity index (χ3n) is 4.56. The molecule has 1 aromatic carbocycles. The molecular formula is C17H22FN5O. The SMILES string of the molecule is Cc1nc(C)n(C[C@H]2CCCN2[C@@H](C(N)=O)c2ccc(F)cc2)n1. The van der Waals surface area contributed by atoms with Gasteiger partial charge in [-0.2, -0.15) is 5.10 Å². The van der Waals surface area contributed by atoms with E-state index in [1.54, 1.807) is 12.1 Å². The molecule has 2 heterocycles. The number of rotatable bonds is 5. The Hall–Kier alpha value is -2.28. The van der Waals surface area contributed by atoms with E-state index in [1.165, 1.54) is 12.1 Å². The van der Waals surface area contributed by atoms with Crippen LogP contribution in [0, 0.1) is 19.7 Å². The molecule has 2 atom stereocenters. The van der Waals surface area contributed by atoms with Crippen LogP contribution in [0.1, 0.15) is 36.1 Å². The van der Waals surface area contributed by atoms with Gasteiger partial charge in [-0.05, 0) is 50.9 Å². The molecule has 128 valence electrons. The molecule has 2 aromatic rings. The fourth-order valence-electron chi connectivity index (χ4n) is 3.49. The monoisotopic (exact) mass is 331 g/mol. The molecule has 0 aliphatic carbocycles. The van der Waals surface area contributed by atoms with Crippen molar-refractivity contribution in [2.75, 3.05) is 6.54 Å². The Balaban J connectivity index is 1.85. The maximum Gasteiger partial charge on any atom is 0.239 e. The zero-order valence-electron chi connectivity index (χ0n) is 13.9. The second-order valence-corrected chi connectivity index (χ2v) is 6.28. The minimum atomic E-state index is -0.553. The van der Waals surface area contributed by atoms with Gasteiger partial charge < -0.3 is 5.73 Å². The molecule has 1 amide bonds. The minimum absolute atomic E-state index is 0.146. The number of amides is 1. The van der Waals surface area contributed by atoms with Gasteiger partial charge in [0.05, 0.1) is 6.54 Å². The predicted molar refractivity (Wildman–Crippen MR) is 87.6 cm³/mol. The van der Waals surface area contributed by atoms with Crippen LogP contribution in [0.5, 0.6) is 0 Å². The Labute approximate surface area is 140 Å². The van der Waals surface area contributed by atoms with Crippen molar-refractivity contribution in [3.8, 4) is 0 Å². The third kappa shape index (κ3) is 3.31. The van der Waals surface area contributed by atoms with Crippen LogP contribution in [0.3, 0.4) is 0 Å². The summed E-state index contributed by atoms with van der Waals surface area (Å²) in [5.74, 6) is 0.854. The number of carbonyl (C=O) groups is 1. The molecule has 0 unspecified atom stereocenters. The largest absolute Gasteiger partial charge is 0.368 e. The van der Waals surface area contributed by atoms with Crippen LogP contribution in [0.4, 0.5) is 4.39 Å². The molecule has 1 saturated heterocycles. The van der Waals surface area contributed by atoms with Crippen molar-refractivity contribution >= 4 is 5.91 Å². The van der Waals surface area contributed by atoms with Crippen molar-refractivity contribution in [1.29, 1.82) is 0 Å². The van der Waals surface area contributed by atoms with E-state index >= 15 is 0 Å². The number of likely N-dealkylation sites (tertiary alicyclic amines) is 1. The molecule has 2 N–H and O–H groups in total. The lowest BCUT2D eigenvalue weighted by Crippen LogP contribution is -2.42. The summed E-state index contributed by atoms with van der Waals surface area (Å²) in [5.41, 5.74) is 6.39. The van der Waals surface area contributed by atoms with Gasteiger partial charge in [0, 0.05) is 6.04 Å². The first-order chi connectivity index (χ1) is 11.5. The summed E-state index contributed by atoms with van der Waals surface area (Å²) in [6.45, 7) is 5.23. The molecule has 6 nitrogen and oxygen atoms in total. The molecule has 0 radical (unpaired) electrons. The van der Waals surface area contributed by atoms with Gasteiger partial charge in [-0.25, -0.2) is 14.1 Å². The second kappa shape index (κ2) is 6.68. The average molecular weight is 331 g/mol. The fourth-order valence-corrected chi connectivity index (χ4v) is 3.49. The number of benzene rings is 1. The Bertz CT molecular complexity index is 727. The summed E-state index contributed by atoms with van der Waals surface area (Å²) < 4.78 is 15.1. The van der Waals surface area contributed by atoms with E-state index in [0.29, 0.717) is 6.54 Å². The molecule has 1 aliphatic heterocycles. The highest BCUT2D eigenvalue weighted by Crippen LogP contribution is 2.30. The zero-order valence-corrected chi connectivity index (χ0v) is 13.9.